The lowest BCUT2D eigenvalue weighted by atomic mass is 9.96. The third-order valence-electron chi connectivity index (χ3n) is 4.32. The van der Waals surface area contributed by atoms with Crippen molar-refractivity contribution in [3.8, 4) is 0 Å². The number of aliphatic hydroxyl groups excluding tert-OH is 1. The third kappa shape index (κ3) is 2.43. The van der Waals surface area contributed by atoms with E-state index < -0.39 is 9.84 Å². The number of hydrogen-bond donors (Lipinski definition) is 1. The molecule has 1 N–H and O–H groups in total. The van der Waals surface area contributed by atoms with Crippen LogP contribution in [0.25, 0.3) is 0 Å². The SMILES string of the molecule is O=S1(=O)CCCC(c2ncc3n2CCCC3CO)C1. The van der Waals surface area contributed by atoms with E-state index in [1.165, 1.54) is 0 Å². The molecule has 19 heavy (non-hydrogen) atoms. The molecule has 0 spiro atoms. The lowest BCUT2D eigenvalue weighted by Crippen LogP contribution is -2.27. The van der Waals surface area contributed by atoms with E-state index in [0.29, 0.717) is 5.75 Å². The maximum absolute atomic E-state index is 11.8. The average Bonchev–Trinajstić information content (AvgIpc) is 2.81. The summed E-state index contributed by atoms with van der Waals surface area (Å²) in [6.45, 7) is 1.05. The summed E-state index contributed by atoms with van der Waals surface area (Å²) < 4.78 is 25.7. The van der Waals surface area contributed by atoms with Crippen molar-refractivity contribution in [2.24, 2.45) is 0 Å². The van der Waals surface area contributed by atoms with Gasteiger partial charge in [0.15, 0.2) is 9.84 Å². The van der Waals surface area contributed by atoms with E-state index >= 15 is 0 Å². The van der Waals surface area contributed by atoms with Crippen LogP contribution >= 0.6 is 0 Å². The number of hydrogen-bond acceptors (Lipinski definition) is 4. The van der Waals surface area contributed by atoms with Crippen LogP contribution in [0.1, 0.15) is 49.0 Å². The lowest BCUT2D eigenvalue weighted by Gasteiger charge is -2.27. The summed E-state index contributed by atoms with van der Waals surface area (Å²) >= 11 is 0. The van der Waals surface area contributed by atoms with Gasteiger partial charge in [-0.25, -0.2) is 13.4 Å². The van der Waals surface area contributed by atoms with Crippen molar-refractivity contribution in [1.29, 1.82) is 0 Å². The van der Waals surface area contributed by atoms with Crippen LogP contribution in [0.5, 0.6) is 0 Å². The number of aromatic nitrogens is 2. The van der Waals surface area contributed by atoms with Crippen LogP contribution in [0.2, 0.25) is 0 Å². The first-order chi connectivity index (χ1) is 9.11. The summed E-state index contributed by atoms with van der Waals surface area (Å²) in [4.78, 5) is 4.47. The fraction of sp³-hybridized carbons (Fsp3) is 0.769. The van der Waals surface area contributed by atoms with Gasteiger partial charge in [0.2, 0.25) is 0 Å². The van der Waals surface area contributed by atoms with Crippen LogP contribution in [-0.2, 0) is 16.4 Å². The summed E-state index contributed by atoms with van der Waals surface area (Å²) in [6.07, 6.45) is 5.49. The minimum atomic E-state index is -2.91. The van der Waals surface area contributed by atoms with Crippen LogP contribution in [-0.4, -0.2) is 41.2 Å². The van der Waals surface area contributed by atoms with Gasteiger partial charge in [0.1, 0.15) is 5.82 Å². The van der Waals surface area contributed by atoms with Crippen LogP contribution in [0.3, 0.4) is 0 Å². The first kappa shape index (κ1) is 13.1. The van der Waals surface area contributed by atoms with Crippen molar-refractivity contribution in [3.63, 3.8) is 0 Å². The molecular weight excluding hydrogens is 264 g/mol. The van der Waals surface area contributed by atoms with Crippen LogP contribution in [0, 0.1) is 0 Å². The van der Waals surface area contributed by atoms with Gasteiger partial charge in [-0.1, -0.05) is 0 Å². The molecule has 2 aliphatic heterocycles. The zero-order chi connectivity index (χ0) is 13.5. The van der Waals surface area contributed by atoms with Gasteiger partial charge in [0, 0.05) is 30.3 Å². The molecule has 1 fully saturated rings. The highest BCUT2D eigenvalue weighted by molar-refractivity contribution is 7.91. The Morgan fingerprint density at radius 2 is 2.21 bits per heavy atom. The molecule has 3 heterocycles. The van der Waals surface area contributed by atoms with E-state index in [1.54, 1.807) is 0 Å². The Morgan fingerprint density at radius 1 is 1.37 bits per heavy atom. The second kappa shape index (κ2) is 4.90. The third-order valence-corrected chi connectivity index (χ3v) is 6.14. The van der Waals surface area contributed by atoms with Crippen LogP contribution in [0.15, 0.2) is 6.20 Å². The molecule has 2 atom stereocenters. The molecule has 0 saturated carbocycles. The predicted octanol–water partition coefficient (Wildman–Crippen LogP) is 1.05. The number of nitrogens with zero attached hydrogens (tertiary/aromatic N) is 2. The van der Waals surface area contributed by atoms with Gasteiger partial charge in [-0.05, 0) is 25.7 Å². The number of imidazole rings is 1. The first-order valence-corrected chi connectivity index (χ1v) is 8.79. The summed E-state index contributed by atoms with van der Waals surface area (Å²) in [6, 6.07) is 0. The molecule has 6 heteroatoms. The minimum absolute atomic E-state index is 0.0324. The molecule has 3 rings (SSSR count). The Hall–Kier alpha value is -0.880. The fourth-order valence-corrected chi connectivity index (χ4v) is 5.06. The zero-order valence-corrected chi connectivity index (χ0v) is 11.8. The molecular formula is C13H20N2O3S. The Balaban J connectivity index is 1.92. The highest BCUT2D eigenvalue weighted by atomic mass is 32.2. The Morgan fingerprint density at radius 3 is 2.95 bits per heavy atom. The smallest absolute Gasteiger partial charge is 0.151 e. The maximum atomic E-state index is 11.8. The van der Waals surface area contributed by atoms with Gasteiger partial charge < -0.3 is 9.67 Å². The number of sulfone groups is 1. The van der Waals surface area contributed by atoms with E-state index in [0.717, 1.165) is 43.7 Å². The van der Waals surface area contributed by atoms with Crippen molar-refractivity contribution in [2.75, 3.05) is 18.1 Å². The van der Waals surface area contributed by atoms with Gasteiger partial charge >= 0.3 is 0 Å². The molecule has 2 aliphatic rings. The molecule has 0 radical (unpaired) electrons. The molecule has 1 aromatic heterocycles. The van der Waals surface area contributed by atoms with Crippen LogP contribution in [0.4, 0.5) is 0 Å². The number of fused-ring (bicyclic) bond motifs is 1. The molecule has 106 valence electrons. The zero-order valence-electron chi connectivity index (χ0n) is 11.0. The second-order valence-electron chi connectivity index (χ2n) is 5.67. The maximum Gasteiger partial charge on any atom is 0.151 e. The summed E-state index contributed by atoms with van der Waals surface area (Å²) in [5.74, 6) is 1.65. The van der Waals surface area contributed by atoms with E-state index in [9.17, 15) is 13.5 Å². The van der Waals surface area contributed by atoms with Gasteiger partial charge in [0.25, 0.3) is 0 Å². The monoisotopic (exact) mass is 284 g/mol. The van der Waals surface area contributed by atoms with E-state index in [4.69, 9.17) is 0 Å². The molecule has 0 aromatic carbocycles. The van der Waals surface area contributed by atoms with Gasteiger partial charge in [-0.2, -0.15) is 0 Å². The Labute approximate surface area is 113 Å². The second-order valence-corrected chi connectivity index (χ2v) is 7.90. The normalized spacial score (nSPS) is 29.9. The van der Waals surface area contributed by atoms with Crippen molar-refractivity contribution < 1.29 is 13.5 Å². The Bertz CT molecular complexity index is 564. The van der Waals surface area contributed by atoms with Crippen molar-refractivity contribution >= 4 is 9.84 Å². The topological polar surface area (TPSA) is 72.2 Å². The van der Waals surface area contributed by atoms with Gasteiger partial charge in [-0.15, -0.1) is 0 Å². The van der Waals surface area contributed by atoms with Gasteiger partial charge in [-0.3, -0.25) is 0 Å². The fourth-order valence-electron chi connectivity index (χ4n) is 3.35. The predicted molar refractivity (Wildman–Crippen MR) is 71.9 cm³/mol. The number of rotatable bonds is 2. The Kier molecular flexibility index (Phi) is 3.39. The highest BCUT2D eigenvalue weighted by Crippen LogP contribution is 2.33. The first-order valence-electron chi connectivity index (χ1n) is 6.97. The van der Waals surface area contributed by atoms with Crippen molar-refractivity contribution in [2.45, 2.75) is 44.1 Å². The molecule has 0 amide bonds. The van der Waals surface area contributed by atoms with E-state index in [-0.39, 0.29) is 24.2 Å². The summed E-state index contributed by atoms with van der Waals surface area (Å²) in [7, 11) is -2.91. The van der Waals surface area contributed by atoms with Crippen LogP contribution < -0.4 is 0 Å². The van der Waals surface area contributed by atoms with E-state index in [2.05, 4.69) is 9.55 Å². The standard InChI is InChI=1S/C13H20N2O3S/c16-8-10-3-1-5-15-12(10)7-14-13(15)11-4-2-6-19(17,18)9-11/h7,10-11,16H,1-6,8-9H2. The minimum Gasteiger partial charge on any atom is -0.396 e. The number of aliphatic hydroxyl groups is 1. The quantitative estimate of drug-likeness (QED) is 0.881. The van der Waals surface area contributed by atoms with Crippen molar-refractivity contribution in [1.82, 2.24) is 9.55 Å². The molecule has 2 unspecified atom stereocenters. The summed E-state index contributed by atoms with van der Waals surface area (Å²) in [5, 5.41) is 9.40. The van der Waals surface area contributed by atoms with Gasteiger partial charge in [0.05, 0.1) is 18.1 Å². The molecule has 1 saturated heterocycles. The summed E-state index contributed by atoms with van der Waals surface area (Å²) in [5.41, 5.74) is 1.08. The molecule has 1 aromatic rings. The molecule has 5 nitrogen and oxygen atoms in total. The van der Waals surface area contributed by atoms with E-state index in [1.807, 2.05) is 6.20 Å². The highest BCUT2D eigenvalue weighted by Gasteiger charge is 2.31. The lowest BCUT2D eigenvalue weighted by molar-refractivity contribution is 0.240. The van der Waals surface area contributed by atoms with Crippen molar-refractivity contribution in [3.05, 3.63) is 17.7 Å². The molecule has 0 aliphatic carbocycles. The largest absolute Gasteiger partial charge is 0.396 e. The average molecular weight is 284 g/mol. The molecule has 0 bridgehead atoms.